The minimum Gasteiger partial charge on any atom is -0.480 e. The zero-order chi connectivity index (χ0) is 33.6. The van der Waals surface area contributed by atoms with Gasteiger partial charge >= 0.3 is 5.97 Å². The Hall–Kier alpha value is -3.58. The summed E-state index contributed by atoms with van der Waals surface area (Å²) in [6.07, 6.45) is 0.973. The van der Waals surface area contributed by atoms with Crippen molar-refractivity contribution in [3.8, 4) is 0 Å². The van der Waals surface area contributed by atoms with Crippen LogP contribution in [-0.4, -0.2) is 67.6 Å². The molecule has 248 valence electrons. The number of aliphatic carboxylic acids is 1. The van der Waals surface area contributed by atoms with E-state index in [1.54, 1.807) is 36.4 Å². The summed E-state index contributed by atoms with van der Waals surface area (Å²) < 4.78 is 56.8. The number of unbranched alkanes of at least 4 members (excludes halogenated alkanes) is 1. The SMILES string of the molecule is Cc1ccc(S(=O)(=O)N2Cc3ccccc3CC2C(=O)NCCCC[C@@H](C(=O)O)N(CC(C)C)S(=O)(=O)c2ccc(C)cc2)cc1. The first-order chi connectivity index (χ1) is 21.7. The molecule has 10 nitrogen and oxygen atoms in total. The topological polar surface area (TPSA) is 141 Å². The summed E-state index contributed by atoms with van der Waals surface area (Å²) >= 11 is 0. The molecule has 1 aliphatic heterocycles. The van der Waals surface area contributed by atoms with Crippen molar-refractivity contribution in [2.75, 3.05) is 13.1 Å². The normalized spacial score (nSPS) is 16.3. The maximum Gasteiger partial charge on any atom is 0.322 e. The third kappa shape index (κ3) is 8.22. The number of carboxylic acids is 1. The lowest BCUT2D eigenvalue weighted by Crippen LogP contribution is -2.52. The fraction of sp³-hybridized carbons (Fsp3) is 0.412. The number of carbonyl (C=O) groups excluding carboxylic acids is 1. The van der Waals surface area contributed by atoms with Gasteiger partial charge < -0.3 is 10.4 Å². The van der Waals surface area contributed by atoms with Crippen LogP contribution in [-0.2, 0) is 42.6 Å². The summed E-state index contributed by atoms with van der Waals surface area (Å²) in [7, 11) is -8.06. The smallest absolute Gasteiger partial charge is 0.322 e. The van der Waals surface area contributed by atoms with Gasteiger partial charge in [0.05, 0.1) is 9.79 Å². The fourth-order valence-corrected chi connectivity index (χ4v) is 8.94. The second-order valence-corrected chi connectivity index (χ2v) is 16.1. The minimum absolute atomic E-state index is 0.0384. The number of benzene rings is 3. The Morgan fingerprint density at radius 2 is 1.43 bits per heavy atom. The second kappa shape index (κ2) is 14.9. The highest BCUT2D eigenvalue weighted by Crippen LogP contribution is 2.30. The molecule has 1 aliphatic rings. The van der Waals surface area contributed by atoms with Crippen LogP contribution in [0.5, 0.6) is 0 Å². The summed E-state index contributed by atoms with van der Waals surface area (Å²) in [5.41, 5.74) is 3.55. The van der Waals surface area contributed by atoms with Crippen LogP contribution in [0, 0.1) is 19.8 Å². The molecule has 0 aromatic heterocycles. The van der Waals surface area contributed by atoms with E-state index in [0.717, 1.165) is 26.6 Å². The monoisotopic (exact) mass is 669 g/mol. The van der Waals surface area contributed by atoms with E-state index in [1.807, 2.05) is 52.0 Å². The van der Waals surface area contributed by atoms with E-state index < -0.39 is 44.0 Å². The number of rotatable bonds is 14. The van der Waals surface area contributed by atoms with Gasteiger partial charge in [-0.1, -0.05) is 73.5 Å². The Kier molecular flexibility index (Phi) is 11.4. The zero-order valence-electron chi connectivity index (χ0n) is 26.7. The van der Waals surface area contributed by atoms with Gasteiger partial charge in [-0.3, -0.25) is 9.59 Å². The highest BCUT2D eigenvalue weighted by atomic mass is 32.2. The second-order valence-electron chi connectivity index (χ2n) is 12.3. The Balaban J connectivity index is 1.44. The van der Waals surface area contributed by atoms with Crippen molar-refractivity contribution in [3.63, 3.8) is 0 Å². The van der Waals surface area contributed by atoms with Crippen LogP contribution in [0.1, 0.15) is 55.4 Å². The molecule has 3 aromatic carbocycles. The fourth-order valence-electron chi connectivity index (χ4n) is 5.60. The molecule has 3 aromatic rings. The first kappa shape index (κ1) is 35.3. The Bertz CT molecular complexity index is 1740. The Labute approximate surface area is 272 Å². The first-order valence-corrected chi connectivity index (χ1v) is 18.3. The number of amides is 1. The molecular weight excluding hydrogens is 627 g/mol. The number of fused-ring (bicyclic) bond motifs is 1. The molecule has 1 amide bonds. The maximum absolute atomic E-state index is 13.7. The van der Waals surface area contributed by atoms with Crippen molar-refractivity contribution in [1.82, 2.24) is 13.9 Å². The van der Waals surface area contributed by atoms with Gasteiger partial charge in [-0.15, -0.1) is 0 Å². The van der Waals surface area contributed by atoms with Gasteiger partial charge in [-0.2, -0.15) is 8.61 Å². The van der Waals surface area contributed by atoms with Gasteiger partial charge in [0.15, 0.2) is 0 Å². The van der Waals surface area contributed by atoms with E-state index in [9.17, 15) is 31.5 Å². The molecule has 0 fully saturated rings. The third-order valence-corrected chi connectivity index (χ3v) is 11.9. The lowest BCUT2D eigenvalue weighted by molar-refractivity contribution is -0.142. The van der Waals surface area contributed by atoms with E-state index in [-0.39, 0.29) is 48.2 Å². The molecule has 0 spiro atoms. The molecule has 0 radical (unpaired) electrons. The molecule has 0 saturated carbocycles. The molecule has 1 heterocycles. The first-order valence-electron chi connectivity index (χ1n) is 15.5. The quantitative estimate of drug-likeness (QED) is 0.241. The molecule has 4 rings (SSSR count). The lowest BCUT2D eigenvalue weighted by Gasteiger charge is -2.35. The summed E-state index contributed by atoms with van der Waals surface area (Å²) in [6.45, 7) is 7.65. The zero-order valence-corrected chi connectivity index (χ0v) is 28.4. The van der Waals surface area contributed by atoms with Crippen molar-refractivity contribution in [2.45, 2.75) is 81.8 Å². The van der Waals surface area contributed by atoms with Gasteiger partial charge in [0.25, 0.3) is 0 Å². The van der Waals surface area contributed by atoms with Crippen LogP contribution in [0.25, 0.3) is 0 Å². The number of hydrogen-bond acceptors (Lipinski definition) is 6. The Morgan fingerprint density at radius 1 is 0.870 bits per heavy atom. The van der Waals surface area contributed by atoms with Crippen molar-refractivity contribution in [1.29, 1.82) is 0 Å². The number of hydrogen-bond donors (Lipinski definition) is 2. The van der Waals surface area contributed by atoms with Gasteiger partial charge in [0, 0.05) is 19.6 Å². The van der Waals surface area contributed by atoms with Gasteiger partial charge in [-0.05, 0) is 80.8 Å². The molecule has 46 heavy (non-hydrogen) atoms. The molecule has 0 aliphatic carbocycles. The molecular formula is C34H43N3O7S2. The average molecular weight is 670 g/mol. The predicted molar refractivity (Wildman–Crippen MR) is 176 cm³/mol. The number of aryl methyl sites for hydroxylation is 2. The summed E-state index contributed by atoms with van der Waals surface area (Å²) in [5, 5.41) is 12.9. The van der Waals surface area contributed by atoms with E-state index in [1.165, 1.54) is 16.4 Å². The third-order valence-electron chi connectivity index (χ3n) is 8.14. The van der Waals surface area contributed by atoms with E-state index >= 15 is 0 Å². The number of nitrogens with one attached hydrogen (secondary N) is 1. The van der Waals surface area contributed by atoms with Crippen LogP contribution in [0.15, 0.2) is 82.6 Å². The Morgan fingerprint density at radius 3 is 2.00 bits per heavy atom. The highest BCUT2D eigenvalue weighted by molar-refractivity contribution is 7.89. The number of carbonyl (C=O) groups is 2. The van der Waals surface area contributed by atoms with Gasteiger partial charge in [0.1, 0.15) is 12.1 Å². The van der Waals surface area contributed by atoms with Crippen molar-refractivity contribution >= 4 is 31.9 Å². The van der Waals surface area contributed by atoms with Crippen molar-refractivity contribution in [2.24, 2.45) is 5.92 Å². The summed E-state index contributed by atoms with van der Waals surface area (Å²) in [4.78, 5) is 26.0. The van der Waals surface area contributed by atoms with Gasteiger partial charge in [-0.25, -0.2) is 16.8 Å². The largest absolute Gasteiger partial charge is 0.480 e. The van der Waals surface area contributed by atoms with Crippen LogP contribution in [0.3, 0.4) is 0 Å². The molecule has 12 heteroatoms. The molecule has 1 unspecified atom stereocenters. The number of nitrogens with zero attached hydrogens (tertiary/aromatic N) is 2. The molecule has 2 atom stereocenters. The average Bonchev–Trinajstić information content (AvgIpc) is 3.01. The van der Waals surface area contributed by atoms with E-state index in [2.05, 4.69) is 5.32 Å². The molecule has 0 saturated heterocycles. The predicted octanol–water partition coefficient (Wildman–Crippen LogP) is 4.51. The standard InChI is InChI=1S/C34H43N3O7S2/c1-24(2)22-36(45(41,42)29-16-12-25(3)13-17-29)31(34(39)40)11-7-8-20-35-33(38)32-21-27-9-5-6-10-28(27)23-37(32)46(43,44)30-18-14-26(4)15-19-30/h5-6,9-10,12-19,24,31-32H,7-8,11,20-23H2,1-4H3,(H,35,38)(H,39,40)/t31-,32?/m0/s1. The van der Waals surface area contributed by atoms with E-state index in [4.69, 9.17) is 0 Å². The summed E-state index contributed by atoms with van der Waals surface area (Å²) in [5.74, 6) is -1.79. The van der Waals surface area contributed by atoms with Gasteiger partial charge in [0.2, 0.25) is 26.0 Å². The molecule has 0 bridgehead atoms. The summed E-state index contributed by atoms with van der Waals surface area (Å²) in [6, 6.07) is 18.1. The van der Waals surface area contributed by atoms with E-state index in [0.29, 0.717) is 12.8 Å². The lowest BCUT2D eigenvalue weighted by atomic mass is 9.95. The van der Waals surface area contributed by atoms with Crippen LogP contribution >= 0.6 is 0 Å². The number of sulfonamides is 2. The minimum atomic E-state index is -4.08. The van der Waals surface area contributed by atoms with Crippen LogP contribution in [0.4, 0.5) is 0 Å². The van der Waals surface area contributed by atoms with Crippen molar-refractivity contribution < 1.29 is 31.5 Å². The highest BCUT2D eigenvalue weighted by Gasteiger charge is 2.40. The maximum atomic E-state index is 13.7. The van der Waals surface area contributed by atoms with Crippen LogP contribution < -0.4 is 5.32 Å². The van der Waals surface area contributed by atoms with Crippen LogP contribution in [0.2, 0.25) is 0 Å². The number of carboxylic acid groups (broad SMARTS) is 1. The van der Waals surface area contributed by atoms with Crippen molar-refractivity contribution in [3.05, 3.63) is 95.1 Å². The molecule has 2 N–H and O–H groups in total.